The van der Waals surface area contributed by atoms with Gasteiger partial charge in [-0.3, -0.25) is 19.7 Å². The lowest BCUT2D eigenvalue weighted by Gasteiger charge is -2.25. The highest BCUT2D eigenvalue weighted by Gasteiger charge is 2.47. The fourth-order valence-corrected chi connectivity index (χ4v) is 3.79. The van der Waals surface area contributed by atoms with Crippen molar-refractivity contribution in [3.05, 3.63) is 88.3 Å². The molecule has 1 saturated heterocycles. The number of carbonyl (C=O) groups excluding carboxylic acids is 2. The van der Waals surface area contributed by atoms with Gasteiger partial charge in [-0.15, -0.1) is 0 Å². The number of H-pyrrole nitrogens is 1. The van der Waals surface area contributed by atoms with E-state index in [-0.39, 0.29) is 23.4 Å². The number of benzene rings is 1. The molecule has 1 aromatic carbocycles. The van der Waals surface area contributed by atoms with Crippen molar-refractivity contribution in [3.8, 4) is 0 Å². The van der Waals surface area contributed by atoms with E-state index >= 15 is 0 Å². The van der Waals surface area contributed by atoms with Gasteiger partial charge < -0.3 is 10.0 Å². The van der Waals surface area contributed by atoms with Crippen LogP contribution >= 0.6 is 0 Å². The Kier molecular flexibility index (Phi) is 4.91. The van der Waals surface area contributed by atoms with Crippen LogP contribution in [0.5, 0.6) is 0 Å². The SMILES string of the molecule is Cc1n[nH]c(C)c1/C(O)=C1\C(=O)C(=O)N(Cc2cccnc2)[C@@H]1c1ccccc1F. The first kappa shape index (κ1) is 19.5. The molecule has 1 amide bonds. The van der Waals surface area contributed by atoms with Gasteiger partial charge in [0, 0.05) is 30.2 Å². The van der Waals surface area contributed by atoms with Crippen LogP contribution in [0.25, 0.3) is 5.76 Å². The topological polar surface area (TPSA) is 99.2 Å². The van der Waals surface area contributed by atoms with Crippen LogP contribution in [-0.4, -0.2) is 36.9 Å². The number of rotatable bonds is 4. The maximum absolute atomic E-state index is 14.8. The van der Waals surface area contributed by atoms with Crippen LogP contribution in [0.3, 0.4) is 0 Å². The Morgan fingerprint density at radius 1 is 1.20 bits per heavy atom. The largest absolute Gasteiger partial charge is 0.507 e. The number of halogens is 1. The zero-order valence-corrected chi connectivity index (χ0v) is 16.4. The number of amides is 1. The van der Waals surface area contributed by atoms with Gasteiger partial charge in [0.15, 0.2) is 0 Å². The van der Waals surface area contributed by atoms with Crippen molar-refractivity contribution in [2.24, 2.45) is 0 Å². The van der Waals surface area contributed by atoms with Gasteiger partial charge in [-0.2, -0.15) is 5.10 Å². The van der Waals surface area contributed by atoms with E-state index in [1.165, 1.54) is 23.1 Å². The van der Waals surface area contributed by atoms with Crippen molar-refractivity contribution in [1.82, 2.24) is 20.1 Å². The van der Waals surface area contributed by atoms with Gasteiger partial charge in [-0.05, 0) is 31.5 Å². The maximum Gasteiger partial charge on any atom is 0.295 e. The van der Waals surface area contributed by atoms with Crippen LogP contribution in [0.2, 0.25) is 0 Å². The van der Waals surface area contributed by atoms with Gasteiger partial charge in [0.2, 0.25) is 0 Å². The van der Waals surface area contributed by atoms with Crippen LogP contribution in [0.15, 0.2) is 54.4 Å². The number of aromatic amines is 1. The molecule has 2 aromatic heterocycles. The van der Waals surface area contributed by atoms with Crippen molar-refractivity contribution in [1.29, 1.82) is 0 Å². The highest BCUT2D eigenvalue weighted by molar-refractivity contribution is 6.46. The van der Waals surface area contributed by atoms with E-state index in [1.807, 2.05) is 0 Å². The summed E-state index contributed by atoms with van der Waals surface area (Å²) in [4.78, 5) is 31.2. The Morgan fingerprint density at radius 3 is 2.60 bits per heavy atom. The quantitative estimate of drug-likeness (QED) is 0.394. The van der Waals surface area contributed by atoms with Gasteiger partial charge in [0.1, 0.15) is 11.6 Å². The third-order valence-electron chi connectivity index (χ3n) is 5.18. The van der Waals surface area contributed by atoms with E-state index in [2.05, 4.69) is 15.2 Å². The number of nitrogens with one attached hydrogen (secondary N) is 1. The minimum atomic E-state index is -1.08. The predicted molar refractivity (Wildman–Crippen MR) is 107 cm³/mol. The van der Waals surface area contributed by atoms with Crippen molar-refractivity contribution < 1.29 is 19.1 Å². The number of ketones is 1. The average Bonchev–Trinajstić information content (AvgIpc) is 3.20. The van der Waals surface area contributed by atoms with Gasteiger partial charge in [-0.25, -0.2) is 4.39 Å². The number of aliphatic hydroxyl groups is 1. The number of Topliss-reactive ketones (excluding diaryl/α,β-unsaturated/α-hetero) is 1. The summed E-state index contributed by atoms with van der Waals surface area (Å²) in [6.45, 7) is 3.40. The molecule has 1 aliphatic rings. The Hall–Kier alpha value is -3.81. The Balaban J connectivity index is 1.92. The number of aromatic nitrogens is 3. The molecular formula is C22H19FN4O3. The summed E-state index contributed by atoms with van der Waals surface area (Å²) in [7, 11) is 0. The minimum absolute atomic E-state index is 0.0392. The summed E-state index contributed by atoms with van der Waals surface area (Å²) in [5.41, 5.74) is 1.97. The second-order valence-corrected chi connectivity index (χ2v) is 7.12. The Labute approximate surface area is 171 Å². The van der Waals surface area contributed by atoms with E-state index in [1.54, 1.807) is 44.4 Å². The number of nitrogens with zero attached hydrogens (tertiary/aromatic N) is 3. The number of pyridine rings is 1. The Bertz CT molecular complexity index is 1150. The third-order valence-corrected chi connectivity index (χ3v) is 5.18. The van der Waals surface area contributed by atoms with Gasteiger partial charge in [0.25, 0.3) is 11.7 Å². The summed E-state index contributed by atoms with van der Waals surface area (Å²) in [5, 5.41) is 17.8. The number of hydrogen-bond donors (Lipinski definition) is 2. The second-order valence-electron chi connectivity index (χ2n) is 7.12. The van der Waals surface area contributed by atoms with E-state index < -0.39 is 23.5 Å². The van der Waals surface area contributed by atoms with Gasteiger partial charge in [-0.1, -0.05) is 24.3 Å². The molecule has 30 heavy (non-hydrogen) atoms. The minimum Gasteiger partial charge on any atom is -0.507 e. The standard InChI is InChI=1S/C22H19FN4O3/c1-12-17(13(2)26-25-12)20(28)18-19(15-7-3-4-8-16(15)23)27(22(30)21(18)29)11-14-6-5-9-24-10-14/h3-10,19,28H,11H2,1-2H3,(H,25,26)/b20-18+/t19-/m1/s1. The molecule has 7 nitrogen and oxygen atoms in total. The first-order chi connectivity index (χ1) is 14.4. The van der Waals surface area contributed by atoms with Crippen LogP contribution in [0.1, 0.15) is 34.1 Å². The summed E-state index contributed by atoms with van der Waals surface area (Å²) in [5.74, 6) is -2.64. The molecule has 3 heterocycles. The third kappa shape index (κ3) is 3.16. The van der Waals surface area contributed by atoms with E-state index in [0.29, 0.717) is 22.5 Å². The molecule has 0 unspecified atom stereocenters. The summed E-state index contributed by atoms with van der Waals surface area (Å²) < 4.78 is 14.8. The van der Waals surface area contributed by atoms with Crippen molar-refractivity contribution >= 4 is 17.4 Å². The molecule has 0 saturated carbocycles. The molecule has 1 atom stereocenters. The van der Waals surface area contributed by atoms with E-state index in [0.717, 1.165) is 0 Å². The predicted octanol–water partition coefficient (Wildman–Crippen LogP) is 3.18. The fraction of sp³-hybridized carbons (Fsp3) is 0.182. The van der Waals surface area contributed by atoms with Crippen molar-refractivity contribution in [2.45, 2.75) is 26.4 Å². The molecule has 2 N–H and O–H groups in total. The van der Waals surface area contributed by atoms with E-state index in [9.17, 15) is 19.1 Å². The molecule has 0 spiro atoms. The van der Waals surface area contributed by atoms with Crippen LogP contribution in [-0.2, 0) is 16.1 Å². The molecule has 4 rings (SSSR count). The van der Waals surface area contributed by atoms with Crippen LogP contribution in [0, 0.1) is 19.7 Å². The zero-order chi connectivity index (χ0) is 21.4. The molecule has 0 bridgehead atoms. The monoisotopic (exact) mass is 406 g/mol. The van der Waals surface area contributed by atoms with Crippen LogP contribution in [0.4, 0.5) is 4.39 Å². The number of aryl methyl sites for hydroxylation is 2. The second kappa shape index (κ2) is 7.55. The van der Waals surface area contributed by atoms with Crippen molar-refractivity contribution in [3.63, 3.8) is 0 Å². The molecule has 1 aliphatic heterocycles. The summed E-state index contributed by atoms with van der Waals surface area (Å²) in [6, 6.07) is 8.29. The molecule has 3 aromatic rings. The highest BCUT2D eigenvalue weighted by atomic mass is 19.1. The molecule has 0 aliphatic carbocycles. The molecule has 152 valence electrons. The molecule has 0 radical (unpaired) electrons. The average molecular weight is 406 g/mol. The summed E-state index contributed by atoms with van der Waals surface area (Å²) in [6.07, 6.45) is 3.17. The zero-order valence-electron chi connectivity index (χ0n) is 16.4. The number of hydrogen-bond acceptors (Lipinski definition) is 5. The van der Waals surface area contributed by atoms with Gasteiger partial charge >= 0.3 is 0 Å². The highest BCUT2D eigenvalue weighted by Crippen LogP contribution is 2.41. The first-order valence-electron chi connectivity index (χ1n) is 9.33. The first-order valence-corrected chi connectivity index (χ1v) is 9.33. The summed E-state index contributed by atoms with van der Waals surface area (Å²) >= 11 is 0. The maximum atomic E-state index is 14.8. The number of aliphatic hydroxyl groups excluding tert-OH is 1. The lowest BCUT2D eigenvalue weighted by Crippen LogP contribution is -2.29. The normalized spacial score (nSPS) is 18.2. The lowest BCUT2D eigenvalue weighted by molar-refractivity contribution is -0.140. The Morgan fingerprint density at radius 2 is 1.97 bits per heavy atom. The fourth-order valence-electron chi connectivity index (χ4n) is 3.79. The smallest absolute Gasteiger partial charge is 0.295 e. The van der Waals surface area contributed by atoms with Crippen molar-refractivity contribution in [2.75, 3.05) is 0 Å². The van der Waals surface area contributed by atoms with Gasteiger partial charge in [0.05, 0.1) is 22.9 Å². The lowest BCUT2D eigenvalue weighted by atomic mass is 9.94. The molecule has 8 heteroatoms. The number of likely N-dealkylation sites (tertiary alicyclic amines) is 1. The van der Waals surface area contributed by atoms with E-state index in [4.69, 9.17) is 0 Å². The number of carbonyl (C=O) groups is 2. The van der Waals surface area contributed by atoms with Crippen LogP contribution < -0.4 is 0 Å². The molecular weight excluding hydrogens is 387 g/mol. The molecule has 1 fully saturated rings.